The highest BCUT2D eigenvalue weighted by atomic mass is 16.2. The van der Waals surface area contributed by atoms with Gasteiger partial charge in [0.05, 0.1) is 28.6 Å². The van der Waals surface area contributed by atoms with Crippen LogP contribution in [-0.2, 0) is 36.5 Å². The van der Waals surface area contributed by atoms with Crippen molar-refractivity contribution in [3.8, 4) is 0 Å². The first kappa shape index (κ1) is 28.2. The lowest BCUT2D eigenvalue weighted by Gasteiger charge is -2.07. The van der Waals surface area contributed by atoms with E-state index in [0.29, 0.717) is 31.3 Å². The second-order valence-electron chi connectivity index (χ2n) is 10.1. The maximum absolute atomic E-state index is 11.5. The van der Waals surface area contributed by atoms with Crippen LogP contribution in [-0.4, -0.2) is 61.7 Å². The number of aromatic nitrogens is 4. The predicted octanol–water partition coefficient (Wildman–Crippen LogP) is 3.80. The van der Waals surface area contributed by atoms with Crippen LogP contribution in [0.2, 0.25) is 0 Å². The molecule has 9 heteroatoms. The van der Waals surface area contributed by atoms with Gasteiger partial charge in [0.1, 0.15) is 0 Å². The summed E-state index contributed by atoms with van der Waals surface area (Å²) in [6.45, 7) is 0. The van der Waals surface area contributed by atoms with Crippen LogP contribution in [0.3, 0.4) is 0 Å². The zero-order chi connectivity index (χ0) is 26.9. The van der Waals surface area contributed by atoms with E-state index in [0.717, 1.165) is 73.9 Å². The monoisotopic (exact) mass is 509 g/mol. The van der Waals surface area contributed by atoms with Gasteiger partial charge in [-0.25, -0.2) is 0 Å². The molecule has 0 amide bonds. The summed E-state index contributed by atoms with van der Waals surface area (Å²) in [7, 11) is 7.40. The zero-order valence-electron chi connectivity index (χ0n) is 22.6. The molecule has 0 saturated heterocycles. The van der Waals surface area contributed by atoms with Crippen LogP contribution in [0, 0.1) is 0 Å². The van der Waals surface area contributed by atoms with Gasteiger partial charge in [-0.05, 0) is 51.4 Å². The number of allylic oxidation sites excluding steroid dienone is 1. The first-order valence-electron chi connectivity index (χ1n) is 13.2. The molecule has 0 unspecified atom stereocenters. The Kier molecular flexibility index (Phi) is 10.1. The molecule has 9 nitrogen and oxygen atoms in total. The number of hydrogen-bond acceptors (Lipinski definition) is 7. The quantitative estimate of drug-likeness (QED) is 0.249. The molecule has 2 heterocycles. The molecule has 2 aromatic rings. The van der Waals surface area contributed by atoms with Gasteiger partial charge in [0.25, 0.3) is 0 Å². The fourth-order valence-corrected chi connectivity index (χ4v) is 4.77. The Labute approximate surface area is 218 Å². The number of nitrogens with zero attached hydrogens (tertiary/aromatic N) is 5. The number of hydrogen-bond donors (Lipinski definition) is 0. The number of ketones is 4. The molecule has 0 spiro atoms. The number of carbonyl (C=O) groups excluding carboxylic acids is 4. The molecule has 0 atom stereocenters. The number of carbonyl (C=O) groups is 4. The topological polar surface area (TPSA) is 107 Å². The van der Waals surface area contributed by atoms with Crippen LogP contribution in [0.1, 0.15) is 96.3 Å². The van der Waals surface area contributed by atoms with Gasteiger partial charge in [-0.15, -0.1) is 0 Å². The van der Waals surface area contributed by atoms with Crippen LogP contribution < -0.4 is 0 Å². The number of rotatable bonds is 1. The predicted molar refractivity (Wildman–Crippen MR) is 140 cm³/mol. The molecule has 1 saturated carbocycles. The Morgan fingerprint density at radius 1 is 0.730 bits per heavy atom. The number of aryl methyl sites for hydroxylation is 3. The van der Waals surface area contributed by atoms with Crippen molar-refractivity contribution in [3.63, 3.8) is 0 Å². The Hall–Kier alpha value is -3.36. The number of Topliss-reactive ketones (excluding diaryl/α,β-unsaturated/α-hetero) is 4. The SMILES string of the molecule is CN(C)C=C1C(=O)CCCCC1=O.Cn1cc2c(n1)CCCCC2=O.Cn1ncc2c1CCCCC2=O. The van der Waals surface area contributed by atoms with E-state index in [1.54, 1.807) is 22.0 Å². The zero-order valence-corrected chi connectivity index (χ0v) is 22.6. The summed E-state index contributed by atoms with van der Waals surface area (Å²) in [5.74, 6) is 0.513. The Morgan fingerprint density at radius 3 is 1.84 bits per heavy atom. The molecule has 0 N–H and O–H groups in total. The van der Waals surface area contributed by atoms with Crippen molar-refractivity contribution in [2.75, 3.05) is 14.1 Å². The summed E-state index contributed by atoms with van der Waals surface area (Å²) in [4.78, 5) is 47.6. The van der Waals surface area contributed by atoms with E-state index in [9.17, 15) is 19.2 Å². The molecule has 2 aromatic heterocycles. The molecular weight excluding hydrogens is 470 g/mol. The average molecular weight is 510 g/mol. The van der Waals surface area contributed by atoms with Gasteiger partial charge in [0.2, 0.25) is 0 Å². The second-order valence-corrected chi connectivity index (χ2v) is 10.1. The third kappa shape index (κ3) is 7.81. The maximum Gasteiger partial charge on any atom is 0.167 e. The van der Waals surface area contributed by atoms with Crippen molar-refractivity contribution in [3.05, 3.63) is 46.7 Å². The highest BCUT2D eigenvalue weighted by Crippen LogP contribution is 2.20. The fourth-order valence-electron chi connectivity index (χ4n) is 4.77. The highest BCUT2D eigenvalue weighted by Gasteiger charge is 2.21. The summed E-state index contributed by atoms with van der Waals surface area (Å²) in [6, 6.07) is 0. The Bertz CT molecular complexity index is 1140. The van der Waals surface area contributed by atoms with Crippen LogP contribution in [0.25, 0.3) is 0 Å². The van der Waals surface area contributed by atoms with Crippen LogP contribution in [0.5, 0.6) is 0 Å². The lowest BCUT2D eigenvalue weighted by Crippen LogP contribution is -2.14. The first-order valence-corrected chi connectivity index (χ1v) is 13.2. The smallest absolute Gasteiger partial charge is 0.167 e. The third-order valence-electron chi connectivity index (χ3n) is 6.75. The summed E-state index contributed by atoms with van der Waals surface area (Å²) in [5.41, 5.74) is 4.16. The lowest BCUT2D eigenvalue weighted by molar-refractivity contribution is -0.120. The molecular formula is C28H39N5O4. The van der Waals surface area contributed by atoms with E-state index in [4.69, 9.17) is 0 Å². The van der Waals surface area contributed by atoms with E-state index in [1.165, 1.54) is 0 Å². The third-order valence-corrected chi connectivity index (χ3v) is 6.75. The molecule has 5 rings (SSSR count). The Balaban J connectivity index is 0.000000154. The van der Waals surface area contributed by atoms with Gasteiger partial charge in [-0.2, -0.15) is 10.2 Å². The van der Waals surface area contributed by atoms with E-state index < -0.39 is 0 Å². The molecule has 200 valence electrons. The normalized spacial score (nSPS) is 17.7. The minimum atomic E-state index is -0.00352. The fraction of sp³-hybridized carbons (Fsp3) is 0.571. The van der Waals surface area contributed by atoms with Crippen molar-refractivity contribution < 1.29 is 19.2 Å². The largest absolute Gasteiger partial charge is 0.383 e. The van der Waals surface area contributed by atoms with Gasteiger partial charge in [-0.3, -0.25) is 28.5 Å². The van der Waals surface area contributed by atoms with Gasteiger partial charge < -0.3 is 4.90 Å². The van der Waals surface area contributed by atoms with Crippen molar-refractivity contribution in [2.24, 2.45) is 14.1 Å². The molecule has 1 fully saturated rings. The van der Waals surface area contributed by atoms with Crippen LogP contribution in [0.15, 0.2) is 24.2 Å². The number of fused-ring (bicyclic) bond motifs is 2. The van der Waals surface area contributed by atoms with Crippen molar-refractivity contribution in [1.82, 2.24) is 24.5 Å². The molecule has 0 aliphatic heterocycles. The molecule has 37 heavy (non-hydrogen) atoms. The van der Waals surface area contributed by atoms with Crippen LogP contribution >= 0.6 is 0 Å². The van der Waals surface area contributed by atoms with E-state index in [2.05, 4.69) is 10.2 Å². The summed E-state index contributed by atoms with van der Waals surface area (Å²) in [6.07, 6.45) is 15.5. The van der Waals surface area contributed by atoms with Crippen LogP contribution in [0.4, 0.5) is 0 Å². The maximum atomic E-state index is 11.5. The minimum absolute atomic E-state index is 0.00352. The molecule has 0 bridgehead atoms. The van der Waals surface area contributed by atoms with Crippen molar-refractivity contribution in [2.45, 2.75) is 77.0 Å². The van der Waals surface area contributed by atoms with E-state index in [1.807, 2.05) is 39.1 Å². The average Bonchev–Trinajstić information content (AvgIpc) is 3.23. The molecule has 3 aliphatic carbocycles. The molecule has 0 aromatic carbocycles. The van der Waals surface area contributed by atoms with Gasteiger partial charge in [0, 0.05) is 72.0 Å². The minimum Gasteiger partial charge on any atom is -0.383 e. The molecule has 0 radical (unpaired) electrons. The summed E-state index contributed by atoms with van der Waals surface area (Å²) >= 11 is 0. The standard InChI is InChI=1S/C10H15NO2.2C9H12N2O/c1-11(2)7-8-9(12)5-3-4-6-10(8)13;1-11-6-7-8(10-11)4-2-3-5-9(7)12;1-11-8-4-2-3-5-9(12)7(8)6-10-11/h7H,3-6H2,1-2H3;2*6H,2-5H2,1H3. The summed E-state index contributed by atoms with van der Waals surface area (Å²) in [5, 5.41) is 8.34. The Morgan fingerprint density at radius 2 is 1.24 bits per heavy atom. The van der Waals surface area contributed by atoms with Crippen molar-refractivity contribution in [1.29, 1.82) is 0 Å². The van der Waals surface area contributed by atoms with Gasteiger partial charge in [-0.1, -0.05) is 0 Å². The second kappa shape index (κ2) is 13.3. The lowest BCUT2D eigenvalue weighted by atomic mass is 10.1. The highest BCUT2D eigenvalue weighted by molar-refractivity contribution is 6.20. The van der Waals surface area contributed by atoms with Gasteiger partial charge in [0.15, 0.2) is 23.1 Å². The molecule has 3 aliphatic rings. The summed E-state index contributed by atoms with van der Waals surface area (Å²) < 4.78 is 3.55. The van der Waals surface area contributed by atoms with E-state index in [-0.39, 0.29) is 23.1 Å². The first-order chi connectivity index (χ1) is 17.7. The van der Waals surface area contributed by atoms with Crippen molar-refractivity contribution >= 4 is 23.1 Å². The van der Waals surface area contributed by atoms with Gasteiger partial charge >= 0.3 is 0 Å². The van der Waals surface area contributed by atoms with E-state index >= 15 is 0 Å².